The Bertz CT molecular complexity index is 724. The minimum Gasteiger partial charge on any atom is -0.508 e. The highest BCUT2D eigenvalue weighted by molar-refractivity contribution is 5.58. The van der Waals surface area contributed by atoms with Crippen LogP contribution in [0.15, 0.2) is 41.2 Å². The molecule has 7 nitrogen and oxygen atoms in total. The summed E-state index contributed by atoms with van der Waals surface area (Å²) >= 11 is 0. The quantitative estimate of drug-likeness (QED) is 0.776. The molecule has 1 N–H and O–H groups in total. The van der Waals surface area contributed by atoms with Crippen LogP contribution in [0.25, 0.3) is 23.0 Å². The summed E-state index contributed by atoms with van der Waals surface area (Å²) in [5, 5.41) is 13.1. The van der Waals surface area contributed by atoms with Gasteiger partial charge in [0.25, 0.3) is 5.89 Å². The van der Waals surface area contributed by atoms with Gasteiger partial charge in [-0.2, -0.15) is 4.98 Å². The van der Waals surface area contributed by atoms with Gasteiger partial charge in [0.1, 0.15) is 17.8 Å². The molecule has 2 aromatic heterocycles. The molecular formula is C13H10N4O3. The standard InChI is InChI=1S/C13H10N4O3/c1-19-11-6-10(14-7-15-11)12-16-13(20-17-12)8-2-4-9(18)5-3-8/h2-7,18H,1H3. The number of benzene rings is 1. The van der Waals surface area contributed by atoms with Crippen molar-refractivity contribution in [3.05, 3.63) is 36.7 Å². The zero-order chi connectivity index (χ0) is 13.9. The van der Waals surface area contributed by atoms with Crippen LogP contribution in [0.3, 0.4) is 0 Å². The molecule has 0 atom stereocenters. The van der Waals surface area contributed by atoms with Crippen LogP contribution in [0.5, 0.6) is 11.6 Å². The lowest BCUT2D eigenvalue weighted by Crippen LogP contribution is -1.91. The Balaban J connectivity index is 1.95. The molecule has 0 aliphatic heterocycles. The lowest BCUT2D eigenvalue weighted by molar-refractivity contribution is 0.397. The largest absolute Gasteiger partial charge is 0.508 e. The minimum atomic E-state index is 0.175. The summed E-state index contributed by atoms with van der Waals surface area (Å²) in [7, 11) is 1.52. The lowest BCUT2D eigenvalue weighted by Gasteiger charge is -1.97. The molecule has 0 saturated heterocycles. The molecule has 3 rings (SSSR count). The van der Waals surface area contributed by atoms with Crippen LogP contribution in [0.2, 0.25) is 0 Å². The average molecular weight is 270 g/mol. The molecule has 0 aliphatic rings. The van der Waals surface area contributed by atoms with Gasteiger partial charge in [-0.1, -0.05) is 5.16 Å². The van der Waals surface area contributed by atoms with E-state index in [0.717, 1.165) is 0 Å². The highest BCUT2D eigenvalue weighted by atomic mass is 16.5. The summed E-state index contributed by atoms with van der Waals surface area (Å²) in [5.74, 6) is 1.28. The van der Waals surface area contributed by atoms with Crippen molar-refractivity contribution in [1.29, 1.82) is 0 Å². The zero-order valence-electron chi connectivity index (χ0n) is 10.5. The number of aromatic hydroxyl groups is 1. The van der Waals surface area contributed by atoms with Gasteiger partial charge in [-0.25, -0.2) is 9.97 Å². The van der Waals surface area contributed by atoms with Crippen LogP contribution < -0.4 is 4.74 Å². The summed E-state index contributed by atoms with van der Waals surface area (Å²) in [4.78, 5) is 12.2. The summed E-state index contributed by atoms with van der Waals surface area (Å²) in [6, 6.07) is 8.09. The number of ether oxygens (including phenoxy) is 1. The van der Waals surface area contributed by atoms with Crippen molar-refractivity contribution in [2.75, 3.05) is 7.11 Å². The first-order valence-corrected chi connectivity index (χ1v) is 5.76. The highest BCUT2D eigenvalue weighted by Gasteiger charge is 2.12. The molecule has 7 heteroatoms. The molecule has 0 amide bonds. The van der Waals surface area contributed by atoms with Crippen LogP contribution >= 0.6 is 0 Å². The third kappa shape index (κ3) is 2.28. The lowest BCUT2D eigenvalue weighted by atomic mass is 10.2. The molecule has 0 radical (unpaired) electrons. The van der Waals surface area contributed by atoms with Crippen molar-refractivity contribution >= 4 is 0 Å². The van der Waals surface area contributed by atoms with Crippen molar-refractivity contribution < 1.29 is 14.4 Å². The Morgan fingerprint density at radius 3 is 2.70 bits per heavy atom. The highest BCUT2D eigenvalue weighted by Crippen LogP contribution is 2.23. The molecule has 0 fully saturated rings. The number of phenols is 1. The van der Waals surface area contributed by atoms with Crippen LogP contribution in [0.1, 0.15) is 0 Å². The molecule has 0 saturated carbocycles. The zero-order valence-corrected chi connectivity index (χ0v) is 10.5. The second kappa shape index (κ2) is 4.96. The smallest absolute Gasteiger partial charge is 0.258 e. The van der Waals surface area contributed by atoms with Crippen molar-refractivity contribution in [3.8, 4) is 34.6 Å². The van der Waals surface area contributed by atoms with Crippen molar-refractivity contribution in [1.82, 2.24) is 20.1 Å². The Morgan fingerprint density at radius 1 is 1.15 bits per heavy atom. The number of nitrogens with zero attached hydrogens (tertiary/aromatic N) is 4. The van der Waals surface area contributed by atoms with Gasteiger partial charge in [0, 0.05) is 11.6 Å². The summed E-state index contributed by atoms with van der Waals surface area (Å²) in [6.45, 7) is 0. The van der Waals surface area contributed by atoms with E-state index in [1.165, 1.54) is 13.4 Å². The molecule has 0 unspecified atom stereocenters. The van der Waals surface area contributed by atoms with E-state index in [9.17, 15) is 5.11 Å². The Morgan fingerprint density at radius 2 is 1.95 bits per heavy atom. The molecule has 0 bridgehead atoms. The molecule has 20 heavy (non-hydrogen) atoms. The third-order valence-electron chi connectivity index (χ3n) is 2.62. The number of rotatable bonds is 3. The SMILES string of the molecule is COc1cc(-c2noc(-c3ccc(O)cc3)n2)ncn1. The van der Waals surface area contributed by atoms with Crippen molar-refractivity contribution in [2.45, 2.75) is 0 Å². The van der Waals surface area contributed by atoms with Crippen molar-refractivity contribution in [3.63, 3.8) is 0 Å². The Labute approximate surface area is 113 Å². The minimum absolute atomic E-state index is 0.175. The predicted octanol–water partition coefficient (Wildman–Crippen LogP) is 1.91. The molecule has 2 heterocycles. The third-order valence-corrected chi connectivity index (χ3v) is 2.62. The maximum Gasteiger partial charge on any atom is 0.258 e. The number of methoxy groups -OCH3 is 1. The van der Waals surface area contributed by atoms with Gasteiger partial charge in [0.15, 0.2) is 0 Å². The first-order chi connectivity index (χ1) is 9.76. The fourth-order valence-corrected chi connectivity index (χ4v) is 1.62. The summed E-state index contributed by atoms with van der Waals surface area (Å²) in [6.07, 6.45) is 1.37. The second-order valence-corrected chi connectivity index (χ2v) is 3.92. The van der Waals surface area contributed by atoms with Crippen LogP contribution in [0, 0.1) is 0 Å². The molecule has 0 aliphatic carbocycles. The topological polar surface area (TPSA) is 94.2 Å². The summed E-state index contributed by atoms with van der Waals surface area (Å²) < 4.78 is 10.2. The van der Waals surface area contributed by atoms with Gasteiger partial charge in [0.2, 0.25) is 11.7 Å². The van der Waals surface area contributed by atoms with E-state index in [2.05, 4.69) is 20.1 Å². The van der Waals surface area contributed by atoms with E-state index in [-0.39, 0.29) is 5.75 Å². The first kappa shape index (κ1) is 12.1. The maximum atomic E-state index is 9.25. The van der Waals surface area contributed by atoms with Gasteiger partial charge in [-0.15, -0.1) is 0 Å². The molecule has 1 aromatic carbocycles. The van der Waals surface area contributed by atoms with E-state index >= 15 is 0 Å². The molecule has 0 spiro atoms. The van der Waals surface area contributed by atoms with Gasteiger partial charge in [-0.3, -0.25) is 0 Å². The van der Waals surface area contributed by atoms with E-state index in [1.54, 1.807) is 30.3 Å². The number of hydrogen-bond donors (Lipinski definition) is 1. The van der Waals surface area contributed by atoms with E-state index in [1.807, 2.05) is 0 Å². The van der Waals surface area contributed by atoms with E-state index in [0.29, 0.717) is 28.9 Å². The van der Waals surface area contributed by atoms with Crippen LogP contribution in [-0.4, -0.2) is 32.3 Å². The maximum absolute atomic E-state index is 9.25. The number of aromatic nitrogens is 4. The molecule has 3 aromatic rings. The number of phenolic OH excluding ortho intramolecular Hbond substituents is 1. The fraction of sp³-hybridized carbons (Fsp3) is 0.0769. The van der Waals surface area contributed by atoms with Crippen LogP contribution in [0.4, 0.5) is 0 Å². The molecular weight excluding hydrogens is 260 g/mol. The second-order valence-electron chi connectivity index (χ2n) is 3.92. The Hall–Kier alpha value is -2.96. The van der Waals surface area contributed by atoms with E-state index in [4.69, 9.17) is 9.26 Å². The Kier molecular flexibility index (Phi) is 3.00. The monoisotopic (exact) mass is 270 g/mol. The van der Waals surface area contributed by atoms with Gasteiger partial charge >= 0.3 is 0 Å². The van der Waals surface area contributed by atoms with Gasteiger partial charge in [0.05, 0.1) is 7.11 Å². The average Bonchev–Trinajstić information content (AvgIpc) is 2.98. The van der Waals surface area contributed by atoms with Crippen LogP contribution in [-0.2, 0) is 0 Å². The fourth-order valence-electron chi connectivity index (χ4n) is 1.62. The normalized spacial score (nSPS) is 10.4. The molecule has 100 valence electrons. The summed E-state index contributed by atoms with van der Waals surface area (Å²) in [5.41, 5.74) is 1.22. The first-order valence-electron chi connectivity index (χ1n) is 5.76. The van der Waals surface area contributed by atoms with Crippen molar-refractivity contribution in [2.24, 2.45) is 0 Å². The van der Waals surface area contributed by atoms with E-state index < -0.39 is 0 Å². The predicted molar refractivity (Wildman–Crippen MR) is 69.0 cm³/mol. The van der Waals surface area contributed by atoms with Gasteiger partial charge < -0.3 is 14.4 Å². The van der Waals surface area contributed by atoms with Gasteiger partial charge in [-0.05, 0) is 24.3 Å². The number of hydrogen-bond acceptors (Lipinski definition) is 7.